The van der Waals surface area contributed by atoms with Crippen molar-refractivity contribution in [3.63, 3.8) is 0 Å². The van der Waals surface area contributed by atoms with Crippen LogP contribution in [0.2, 0.25) is 0 Å². The third-order valence-electron chi connectivity index (χ3n) is 5.85. The molecule has 0 aliphatic heterocycles. The summed E-state index contributed by atoms with van der Waals surface area (Å²) in [6, 6.07) is 25.4. The smallest absolute Gasteiger partial charge is 0.225 e. The third-order valence-corrected chi connectivity index (χ3v) is 5.85. The summed E-state index contributed by atoms with van der Waals surface area (Å²) in [5.41, 5.74) is 2.95. The molecule has 4 nitrogen and oxygen atoms in total. The van der Waals surface area contributed by atoms with Gasteiger partial charge in [0.2, 0.25) is 5.91 Å². The minimum atomic E-state index is 0.0386. The Morgan fingerprint density at radius 3 is 2.60 bits per heavy atom. The van der Waals surface area contributed by atoms with Crippen LogP contribution in [0.4, 0.5) is 5.69 Å². The maximum atomic E-state index is 12.7. The Morgan fingerprint density at radius 2 is 1.70 bits per heavy atom. The summed E-state index contributed by atoms with van der Waals surface area (Å²) in [4.78, 5) is 19.6. The lowest BCUT2D eigenvalue weighted by atomic mass is 10.0. The van der Waals surface area contributed by atoms with E-state index in [1.807, 2.05) is 30.3 Å². The highest BCUT2D eigenvalue weighted by molar-refractivity contribution is 6.00. The average Bonchev–Trinajstić information content (AvgIpc) is 3.62. The van der Waals surface area contributed by atoms with Crippen LogP contribution in [0.25, 0.3) is 21.7 Å². The molecule has 1 N–H and O–H groups in total. The van der Waals surface area contributed by atoms with Crippen molar-refractivity contribution in [2.75, 3.05) is 11.9 Å². The number of nitrogens with one attached hydrogen (secondary N) is 1. The topological polar surface area (TPSA) is 45.2 Å². The summed E-state index contributed by atoms with van der Waals surface area (Å²) in [5, 5.41) is 6.67. The number of nitrogens with zero attached hydrogens (tertiary/aromatic N) is 2. The first-order valence-corrected chi connectivity index (χ1v) is 10.6. The summed E-state index contributed by atoms with van der Waals surface area (Å²) in [7, 11) is 0. The number of carbonyl (C=O) groups is 1. The number of hydrogen-bond acceptors (Lipinski definition) is 3. The van der Waals surface area contributed by atoms with Crippen molar-refractivity contribution in [3.8, 4) is 0 Å². The maximum Gasteiger partial charge on any atom is 0.225 e. The monoisotopic (exact) mass is 395 g/mol. The second-order valence-electron chi connectivity index (χ2n) is 8.02. The van der Waals surface area contributed by atoms with Crippen LogP contribution < -0.4 is 5.32 Å². The molecule has 1 fully saturated rings. The molecule has 1 heterocycles. The zero-order valence-electron chi connectivity index (χ0n) is 16.9. The standard InChI is InChI=1S/C26H25N3O/c30-25(28-24-12-4-8-20-10-5-16-27-26(20)24)15-17-29(22-13-14-22)18-21-9-3-7-19-6-1-2-11-23(19)21/h1-12,16,22H,13-15,17-18H2,(H,28,30). The molecule has 0 saturated heterocycles. The number of anilines is 1. The van der Waals surface area contributed by atoms with Gasteiger partial charge >= 0.3 is 0 Å². The van der Waals surface area contributed by atoms with Crippen LogP contribution in [0, 0.1) is 0 Å². The van der Waals surface area contributed by atoms with Crippen LogP contribution in [0.1, 0.15) is 24.8 Å². The van der Waals surface area contributed by atoms with Crippen LogP contribution in [0.5, 0.6) is 0 Å². The van der Waals surface area contributed by atoms with E-state index in [4.69, 9.17) is 0 Å². The lowest BCUT2D eigenvalue weighted by Crippen LogP contribution is -2.29. The average molecular weight is 396 g/mol. The van der Waals surface area contributed by atoms with E-state index < -0.39 is 0 Å². The van der Waals surface area contributed by atoms with Crippen molar-refractivity contribution >= 4 is 33.3 Å². The van der Waals surface area contributed by atoms with E-state index in [-0.39, 0.29) is 5.91 Å². The summed E-state index contributed by atoms with van der Waals surface area (Å²) < 4.78 is 0. The fourth-order valence-electron chi connectivity index (χ4n) is 4.14. The molecule has 1 aliphatic carbocycles. The SMILES string of the molecule is O=C(CCN(Cc1cccc2ccccc12)C1CC1)Nc1cccc2cccnc12. The van der Waals surface area contributed by atoms with E-state index in [9.17, 15) is 4.79 Å². The number of amides is 1. The minimum Gasteiger partial charge on any atom is -0.324 e. The minimum absolute atomic E-state index is 0.0386. The zero-order chi connectivity index (χ0) is 20.3. The Morgan fingerprint density at radius 1 is 0.933 bits per heavy atom. The summed E-state index contributed by atoms with van der Waals surface area (Å²) in [6.45, 7) is 1.65. The predicted octanol–water partition coefficient (Wildman–Crippen LogP) is 5.38. The highest BCUT2D eigenvalue weighted by Gasteiger charge is 2.29. The Balaban J connectivity index is 1.27. The van der Waals surface area contributed by atoms with E-state index >= 15 is 0 Å². The molecule has 1 amide bonds. The van der Waals surface area contributed by atoms with Gasteiger partial charge in [0.05, 0.1) is 11.2 Å². The lowest BCUT2D eigenvalue weighted by Gasteiger charge is -2.22. The van der Waals surface area contributed by atoms with Gasteiger partial charge in [-0.1, -0.05) is 60.7 Å². The number of rotatable bonds is 7. The van der Waals surface area contributed by atoms with Crippen molar-refractivity contribution in [1.82, 2.24) is 9.88 Å². The summed E-state index contributed by atoms with van der Waals surface area (Å²) in [6.07, 6.45) is 4.68. The third kappa shape index (κ3) is 4.05. The van der Waals surface area contributed by atoms with Gasteiger partial charge in [0, 0.05) is 37.1 Å². The molecule has 1 aliphatic rings. The van der Waals surface area contributed by atoms with Crippen LogP contribution in [0.3, 0.4) is 0 Å². The van der Waals surface area contributed by atoms with Crippen LogP contribution in [-0.2, 0) is 11.3 Å². The molecule has 0 bridgehead atoms. The number of hydrogen-bond donors (Lipinski definition) is 1. The molecule has 30 heavy (non-hydrogen) atoms. The van der Waals surface area contributed by atoms with Gasteiger partial charge in [-0.05, 0) is 41.3 Å². The van der Waals surface area contributed by atoms with E-state index in [1.165, 1.54) is 29.2 Å². The first-order valence-electron chi connectivity index (χ1n) is 10.6. The molecular formula is C26H25N3O. The molecular weight excluding hydrogens is 370 g/mol. The van der Waals surface area contributed by atoms with Gasteiger partial charge in [-0.15, -0.1) is 0 Å². The van der Waals surface area contributed by atoms with Crippen molar-refractivity contribution < 1.29 is 4.79 Å². The lowest BCUT2D eigenvalue weighted by molar-refractivity contribution is -0.116. The molecule has 4 aromatic rings. The quantitative estimate of drug-likeness (QED) is 0.457. The predicted molar refractivity (Wildman–Crippen MR) is 122 cm³/mol. The molecule has 5 rings (SSSR count). The van der Waals surface area contributed by atoms with Gasteiger partial charge in [0.1, 0.15) is 0 Å². The Labute approximate surface area is 176 Å². The summed E-state index contributed by atoms with van der Waals surface area (Å²) in [5.74, 6) is 0.0386. The second kappa shape index (κ2) is 8.25. The normalized spacial score (nSPS) is 13.8. The molecule has 1 saturated carbocycles. The Kier molecular flexibility index (Phi) is 5.16. The van der Waals surface area contributed by atoms with E-state index in [1.54, 1.807) is 6.20 Å². The van der Waals surface area contributed by atoms with Crippen molar-refractivity contribution in [1.29, 1.82) is 0 Å². The largest absolute Gasteiger partial charge is 0.324 e. The number of pyridine rings is 1. The highest BCUT2D eigenvalue weighted by Crippen LogP contribution is 2.30. The van der Waals surface area contributed by atoms with Crippen molar-refractivity contribution in [3.05, 3.63) is 84.6 Å². The molecule has 0 unspecified atom stereocenters. The first kappa shape index (κ1) is 18.8. The fourth-order valence-corrected chi connectivity index (χ4v) is 4.14. The van der Waals surface area contributed by atoms with Crippen LogP contribution in [0.15, 0.2) is 79.0 Å². The Bertz CT molecular complexity index is 1190. The molecule has 4 heteroatoms. The Hall–Kier alpha value is -3.24. The number of fused-ring (bicyclic) bond motifs is 2. The molecule has 1 aromatic heterocycles. The van der Waals surface area contributed by atoms with Crippen LogP contribution >= 0.6 is 0 Å². The number of aromatic nitrogens is 1. The van der Waals surface area contributed by atoms with Gasteiger partial charge in [0.25, 0.3) is 0 Å². The fraction of sp³-hybridized carbons (Fsp3) is 0.231. The van der Waals surface area contributed by atoms with Gasteiger partial charge in [-0.3, -0.25) is 14.7 Å². The summed E-state index contributed by atoms with van der Waals surface area (Å²) >= 11 is 0. The van der Waals surface area contributed by atoms with Crippen molar-refractivity contribution in [2.45, 2.75) is 31.8 Å². The molecule has 0 radical (unpaired) electrons. The van der Waals surface area contributed by atoms with E-state index in [0.717, 1.165) is 29.7 Å². The molecule has 150 valence electrons. The van der Waals surface area contributed by atoms with Gasteiger partial charge in [-0.2, -0.15) is 0 Å². The molecule has 0 spiro atoms. The van der Waals surface area contributed by atoms with E-state index in [2.05, 4.69) is 57.7 Å². The first-order chi connectivity index (χ1) is 14.8. The second-order valence-corrected chi connectivity index (χ2v) is 8.02. The van der Waals surface area contributed by atoms with Crippen LogP contribution in [-0.4, -0.2) is 28.4 Å². The zero-order valence-corrected chi connectivity index (χ0v) is 16.9. The molecule has 3 aromatic carbocycles. The van der Waals surface area contributed by atoms with Gasteiger partial charge < -0.3 is 5.32 Å². The van der Waals surface area contributed by atoms with Gasteiger partial charge in [0.15, 0.2) is 0 Å². The van der Waals surface area contributed by atoms with E-state index in [0.29, 0.717) is 12.5 Å². The molecule has 0 atom stereocenters. The maximum absolute atomic E-state index is 12.7. The number of para-hydroxylation sites is 1. The van der Waals surface area contributed by atoms with Crippen molar-refractivity contribution in [2.24, 2.45) is 0 Å². The van der Waals surface area contributed by atoms with Gasteiger partial charge in [-0.25, -0.2) is 0 Å². The highest BCUT2D eigenvalue weighted by atomic mass is 16.1. The number of benzene rings is 3. The number of carbonyl (C=O) groups excluding carboxylic acids is 1.